The van der Waals surface area contributed by atoms with Crippen LogP contribution < -0.4 is 0 Å². The number of rotatable bonds is 50. The van der Waals surface area contributed by atoms with Crippen LogP contribution in [0.25, 0.3) is 0 Å². The van der Waals surface area contributed by atoms with Crippen molar-refractivity contribution >= 4 is 11.9 Å². The van der Waals surface area contributed by atoms with Gasteiger partial charge in [0.1, 0.15) is 6.61 Å². The molecule has 0 spiro atoms. The number of esters is 2. The Hall–Kier alpha value is -2.66. The standard InChI is InChI=1S/C59H104O5/c1-3-5-7-9-11-13-15-17-19-21-22-23-24-25-26-27-28-29-30-31-32-33-34-35-36-38-40-42-44-46-48-50-52-54-59(62)64-57(55-60)56-63-58(61)53-51-49-47-45-43-41-39-37-20-18-16-14-12-10-8-6-4-2/h5,7,11,13,17-20,22-23,25-26,57,60H,3-4,6,8-10,12,14-16,21,24,27-56H2,1-2H3/b7-5-,13-11-,19-17-,20-18-,23-22-,26-25-. The number of hydrogen-bond donors (Lipinski definition) is 1. The van der Waals surface area contributed by atoms with Gasteiger partial charge in [0.15, 0.2) is 6.10 Å². The Balaban J connectivity index is 3.46. The first kappa shape index (κ1) is 61.3. The molecule has 0 aliphatic carbocycles. The molecule has 0 aliphatic heterocycles. The van der Waals surface area contributed by atoms with Crippen LogP contribution in [-0.2, 0) is 19.1 Å². The quantitative estimate of drug-likeness (QED) is 0.0374. The number of carbonyl (C=O) groups is 2. The smallest absolute Gasteiger partial charge is 0.306 e. The number of ether oxygens (including phenoxy) is 2. The largest absolute Gasteiger partial charge is 0.462 e. The minimum atomic E-state index is -0.775. The molecule has 0 saturated carbocycles. The minimum Gasteiger partial charge on any atom is -0.462 e. The van der Waals surface area contributed by atoms with Gasteiger partial charge in [0, 0.05) is 12.8 Å². The molecule has 0 rings (SSSR count). The molecule has 1 atom stereocenters. The summed E-state index contributed by atoms with van der Waals surface area (Å²) in [5.74, 6) is -0.587. The molecule has 5 heteroatoms. The molecule has 0 saturated heterocycles. The Morgan fingerprint density at radius 1 is 0.375 bits per heavy atom. The minimum absolute atomic E-state index is 0.0671. The zero-order chi connectivity index (χ0) is 46.3. The van der Waals surface area contributed by atoms with Gasteiger partial charge >= 0.3 is 11.9 Å². The molecule has 0 radical (unpaired) electrons. The van der Waals surface area contributed by atoms with E-state index in [1.165, 1.54) is 173 Å². The highest BCUT2D eigenvalue weighted by Gasteiger charge is 2.16. The van der Waals surface area contributed by atoms with E-state index >= 15 is 0 Å². The van der Waals surface area contributed by atoms with Crippen LogP contribution in [0.2, 0.25) is 0 Å². The average molecular weight is 893 g/mol. The Morgan fingerprint density at radius 2 is 0.672 bits per heavy atom. The first-order valence-electron chi connectivity index (χ1n) is 27.5. The fourth-order valence-corrected chi connectivity index (χ4v) is 7.87. The number of aliphatic hydroxyl groups excluding tert-OH is 1. The molecule has 0 aliphatic rings. The van der Waals surface area contributed by atoms with Gasteiger partial charge < -0.3 is 14.6 Å². The van der Waals surface area contributed by atoms with Crippen molar-refractivity contribution in [3.63, 3.8) is 0 Å². The van der Waals surface area contributed by atoms with Gasteiger partial charge in [0.05, 0.1) is 6.61 Å². The van der Waals surface area contributed by atoms with Crippen LogP contribution in [0, 0.1) is 0 Å². The fourth-order valence-electron chi connectivity index (χ4n) is 7.87. The lowest BCUT2D eigenvalue weighted by atomic mass is 10.0. The van der Waals surface area contributed by atoms with E-state index in [4.69, 9.17) is 9.47 Å². The van der Waals surface area contributed by atoms with E-state index in [9.17, 15) is 14.7 Å². The summed E-state index contributed by atoms with van der Waals surface area (Å²) in [5.41, 5.74) is 0. The zero-order valence-corrected chi connectivity index (χ0v) is 42.3. The summed E-state index contributed by atoms with van der Waals surface area (Å²) in [6, 6.07) is 0. The topological polar surface area (TPSA) is 72.8 Å². The van der Waals surface area contributed by atoms with Crippen molar-refractivity contribution in [2.75, 3.05) is 13.2 Å². The van der Waals surface area contributed by atoms with Gasteiger partial charge in [-0.05, 0) is 83.5 Å². The van der Waals surface area contributed by atoms with Crippen LogP contribution in [-0.4, -0.2) is 36.4 Å². The fraction of sp³-hybridized carbons (Fsp3) is 0.763. The first-order chi connectivity index (χ1) is 31.6. The molecule has 0 heterocycles. The van der Waals surface area contributed by atoms with Crippen molar-refractivity contribution in [3.05, 3.63) is 72.9 Å². The number of allylic oxidation sites excluding steroid dienone is 12. The summed E-state index contributed by atoms with van der Waals surface area (Å²) in [4.78, 5) is 24.5. The molecule has 5 nitrogen and oxygen atoms in total. The highest BCUT2D eigenvalue weighted by Crippen LogP contribution is 2.16. The molecule has 1 N–H and O–H groups in total. The Labute approximate surface area is 397 Å². The van der Waals surface area contributed by atoms with Crippen LogP contribution >= 0.6 is 0 Å². The summed E-state index contributed by atoms with van der Waals surface area (Å²) in [6.45, 7) is 4.04. The van der Waals surface area contributed by atoms with Gasteiger partial charge in [-0.3, -0.25) is 9.59 Å². The Kier molecular flexibility index (Phi) is 52.4. The monoisotopic (exact) mass is 893 g/mol. The normalized spacial score (nSPS) is 12.7. The molecule has 0 amide bonds. The molecule has 0 aromatic rings. The predicted octanol–water partition coefficient (Wildman–Crippen LogP) is 18.4. The second-order valence-electron chi connectivity index (χ2n) is 18.3. The average Bonchev–Trinajstić information content (AvgIpc) is 3.30. The number of aliphatic hydroxyl groups is 1. The lowest BCUT2D eigenvalue weighted by molar-refractivity contribution is -0.161. The zero-order valence-electron chi connectivity index (χ0n) is 42.3. The number of unbranched alkanes of at least 4 members (excludes halogenated alkanes) is 30. The molecular weight excluding hydrogens is 789 g/mol. The maximum absolute atomic E-state index is 12.3. The van der Waals surface area contributed by atoms with Crippen molar-refractivity contribution in [1.82, 2.24) is 0 Å². The van der Waals surface area contributed by atoms with E-state index in [2.05, 4.69) is 86.8 Å². The van der Waals surface area contributed by atoms with Crippen LogP contribution in [0.4, 0.5) is 0 Å². The molecule has 0 bridgehead atoms. The number of hydrogen-bond acceptors (Lipinski definition) is 5. The molecule has 370 valence electrons. The van der Waals surface area contributed by atoms with E-state index < -0.39 is 6.10 Å². The van der Waals surface area contributed by atoms with Crippen molar-refractivity contribution in [2.45, 2.75) is 277 Å². The Morgan fingerprint density at radius 3 is 1.03 bits per heavy atom. The first-order valence-corrected chi connectivity index (χ1v) is 27.5. The maximum Gasteiger partial charge on any atom is 0.306 e. The molecule has 1 unspecified atom stereocenters. The van der Waals surface area contributed by atoms with Crippen molar-refractivity contribution in [1.29, 1.82) is 0 Å². The van der Waals surface area contributed by atoms with E-state index in [0.29, 0.717) is 12.8 Å². The van der Waals surface area contributed by atoms with E-state index in [0.717, 1.165) is 70.6 Å². The summed E-state index contributed by atoms with van der Waals surface area (Å²) >= 11 is 0. The highest BCUT2D eigenvalue weighted by molar-refractivity contribution is 5.70. The van der Waals surface area contributed by atoms with Crippen molar-refractivity contribution in [3.8, 4) is 0 Å². The van der Waals surface area contributed by atoms with Crippen LogP contribution in [0.15, 0.2) is 72.9 Å². The predicted molar refractivity (Wildman–Crippen MR) is 279 cm³/mol. The van der Waals surface area contributed by atoms with Gasteiger partial charge in [-0.15, -0.1) is 0 Å². The van der Waals surface area contributed by atoms with Crippen LogP contribution in [0.1, 0.15) is 271 Å². The van der Waals surface area contributed by atoms with Gasteiger partial charge in [0.25, 0.3) is 0 Å². The van der Waals surface area contributed by atoms with Crippen molar-refractivity contribution in [2.24, 2.45) is 0 Å². The Bertz CT molecular complexity index is 1150. The van der Waals surface area contributed by atoms with Gasteiger partial charge in [0.2, 0.25) is 0 Å². The lowest BCUT2D eigenvalue weighted by Crippen LogP contribution is -2.28. The third kappa shape index (κ3) is 52.0. The summed E-state index contributed by atoms with van der Waals surface area (Å²) in [7, 11) is 0. The van der Waals surface area contributed by atoms with E-state index in [1.54, 1.807) is 0 Å². The van der Waals surface area contributed by atoms with Gasteiger partial charge in [-0.2, -0.15) is 0 Å². The van der Waals surface area contributed by atoms with Crippen LogP contribution in [0.3, 0.4) is 0 Å². The second-order valence-corrected chi connectivity index (χ2v) is 18.3. The molecular formula is C59H104O5. The SMILES string of the molecule is CC/C=C\C/C=C\C/C=C\C/C=C\C/C=C\CCCCCCCCCCCCCCCCCCCC(=O)OC(CO)COC(=O)CCCCCCCCC/C=C\CCCCCCCC. The van der Waals surface area contributed by atoms with Crippen molar-refractivity contribution < 1.29 is 24.2 Å². The second kappa shape index (κ2) is 54.7. The number of carbonyl (C=O) groups excluding carboxylic acids is 2. The summed E-state index contributed by atoms with van der Waals surface area (Å²) in [6.07, 6.45) is 74.4. The van der Waals surface area contributed by atoms with Gasteiger partial charge in [-0.1, -0.05) is 247 Å². The van der Waals surface area contributed by atoms with Crippen LogP contribution in [0.5, 0.6) is 0 Å². The molecule has 0 aromatic carbocycles. The maximum atomic E-state index is 12.3. The lowest BCUT2D eigenvalue weighted by Gasteiger charge is -2.15. The molecule has 0 fully saturated rings. The molecule has 0 aromatic heterocycles. The molecule has 64 heavy (non-hydrogen) atoms. The summed E-state index contributed by atoms with van der Waals surface area (Å²) in [5, 5.41) is 9.64. The third-order valence-corrected chi connectivity index (χ3v) is 12.0. The van der Waals surface area contributed by atoms with E-state index in [1.807, 2.05) is 0 Å². The highest BCUT2D eigenvalue weighted by atomic mass is 16.6. The van der Waals surface area contributed by atoms with E-state index in [-0.39, 0.29) is 25.2 Å². The van der Waals surface area contributed by atoms with Gasteiger partial charge in [-0.25, -0.2) is 0 Å². The third-order valence-electron chi connectivity index (χ3n) is 12.0. The summed E-state index contributed by atoms with van der Waals surface area (Å²) < 4.78 is 10.7.